The highest BCUT2D eigenvalue weighted by molar-refractivity contribution is 6.32. The topological polar surface area (TPSA) is 29.5 Å². The number of alkyl halides is 3. The minimum Gasteiger partial charge on any atom is -0.503 e. The molecule has 13 heavy (non-hydrogen) atoms. The molecule has 0 aliphatic carbocycles. The summed E-state index contributed by atoms with van der Waals surface area (Å²) in [4.78, 5) is 0. The molecule has 2 nitrogen and oxygen atoms in total. The average molecular weight is 213 g/mol. The summed E-state index contributed by atoms with van der Waals surface area (Å²) in [7, 11) is 0. The third kappa shape index (κ3) is 2.69. The van der Waals surface area contributed by atoms with Crippen LogP contribution in [0.5, 0.6) is 11.5 Å². The maximum absolute atomic E-state index is 11.7. The first-order valence-electron chi connectivity index (χ1n) is 3.13. The first-order valence-corrected chi connectivity index (χ1v) is 3.51. The van der Waals surface area contributed by atoms with Crippen molar-refractivity contribution < 1.29 is 23.0 Å². The van der Waals surface area contributed by atoms with Crippen LogP contribution in [0.4, 0.5) is 13.2 Å². The van der Waals surface area contributed by atoms with Crippen molar-refractivity contribution in [3.05, 3.63) is 23.2 Å². The second-order valence-corrected chi connectivity index (χ2v) is 2.54. The number of halogens is 4. The molecule has 0 heterocycles. The number of hydrogen-bond donors (Lipinski definition) is 1. The van der Waals surface area contributed by atoms with Crippen LogP contribution in [0.2, 0.25) is 5.02 Å². The number of ether oxygens (including phenoxy) is 1. The van der Waals surface area contributed by atoms with Crippen molar-refractivity contribution in [2.45, 2.75) is 6.36 Å². The fourth-order valence-electron chi connectivity index (χ4n) is 0.703. The van der Waals surface area contributed by atoms with Gasteiger partial charge in [0.25, 0.3) is 0 Å². The molecule has 1 N–H and O–H groups in total. The van der Waals surface area contributed by atoms with E-state index in [1.54, 1.807) is 0 Å². The Bertz CT molecular complexity index is 311. The van der Waals surface area contributed by atoms with Crippen molar-refractivity contribution in [3.8, 4) is 11.5 Å². The zero-order valence-electron chi connectivity index (χ0n) is 6.10. The Morgan fingerprint density at radius 2 is 1.92 bits per heavy atom. The predicted molar refractivity (Wildman–Crippen MR) is 39.8 cm³/mol. The van der Waals surface area contributed by atoms with Gasteiger partial charge in [-0.2, -0.15) is 0 Å². The molecule has 0 aliphatic heterocycles. The van der Waals surface area contributed by atoms with Crippen LogP contribution < -0.4 is 4.74 Å². The summed E-state index contributed by atoms with van der Waals surface area (Å²) in [5.74, 6) is -1.43. The van der Waals surface area contributed by atoms with E-state index < -0.39 is 17.9 Å². The van der Waals surface area contributed by atoms with Gasteiger partial charge in [-0.05, 0) is 12.1 Å². The van der Waals surface area contributed by atoms with Gasteiger partial charge in [0.1, 0.15) is 0 Å². The van der Waals surface area contributed by atoms with Crippen molar-refractivity contribution in [3.63, 3.8) is 0 Å². The summed E-state index contributed by atoms with van der Waals surface area (Å²) < 4.78 is 38.5. The van der Waals surface area contributed by atoms with Gasteiger partial charge in [-0.1, -0.05) is 17.7 Å². The Labute approximate surface area is 76.5 Å². The third-order valence-electron chi connectivity index (χ3n) is 1.18. The number of phenolic OH excluding ortho intramolecular Hbond substituents is 1. The Morgan fingerprint density at radius 3 is 2.46 bits per heavy atom. The summed E-state index contributed by atoms with van der Waals surface area (Å²) in [6, 6.07) is 3.46. The van der Waals surface area contributed by atoms with Crippen LogP contribution in [0, 0.1) is 0 Å². The molecule has 0 bridgehead atoms. The van der Waals surface area contributed by atoms with Gasteiger partial charge in [-0.3, -0.25) is 0 Å². The number of para-hydroxylation sites is 1. The van der Waals surface area contributed by atoms with Gasteiger partial charge in [-0.25, -0.2) is 0 Å². The monoisotopic (exact) mass is 212 g/mol. The second-order valence-electron chi connectivity index (χ2n) is 2.13. The van der Waals surface area contributed by atoms with E-state index in [1.165, 1.54) is 12.1 Å². The van der Waals surface area contributed by atoms with Crippen LogP contribution in [0.3, 0.4) is 0 Å². The molecule has 1 rings (SSSR count). The fourth-order valence-corrected chi connectivity index (χ4v) is 0.868. The molecule has 0 radical (unpaired) electrons. The number of phenols is 1. The minimum atomic E-state index is -4.83. The average Bonchev–Trinajstić information content (AvgIpc) is 1.96. The zero-order valence-corrected chi connectivity index (χ0v) is 6.86. The number of aromatic hydroxyl groups is 1. The number of hydrogen-bond acceptors (Lipinski definition) is 2. The van der Waals surface area contributed by atoms with Crippen molar-refractivity contribution in [1.82, 2.24) is 0 Å². The Kier molecular flexibility index (Phi) is 2.56. The van der Waals surface area contributed by atoms with Crippen molar-refractivity contribution >= 4 is 11.6 Å². The Balaban J connectivity index is 2.96. The number of benzene rings is 1. The minimum absolute atomic E-state index is 0.193. The number of rotatable bonds is 1. The molecule has 0 unspecified atom stereocenters. The molecular weight excluding hydrogens is 209 g/mol. The first-order chi connectivity index (χ1) is 5.90. The van der Waals surface area contributed by atoms with Gasteiger partial charge in [0.2, 0.25) is 0 Å². The second kappa shape index (κ2) is 3.33. The predicted octanol–water partition coefficient (Wildman–Crippen LogP) is 2.94. The smallest absolute Gasteiger partial charge is 0.503 e. The van der Waals surface area contributed by atoms with Crippen LogP contribution in [0.1, 0.15) is 0 Å². The van der Waals surface area contributed by atoms with Gasteiger partial charge in [0.15, 0.2) is 11.5 Å². The molecule has 0 aliphatic rings. The molecule has 0 atom stereocenters. The van der Waals surface area contributed by atoms with E-state index in [0.717, 1.165) is 6.07 Å². The molecule has 1 aromatic carbocycles. The lowest BCUT2D eigenvalue weighted by Gasteiger charge is -2.10. The maximum atomic E-state index is 11.7. The summed E-state index contributed by atoms with van der Waals surface area (Å²) in [6.07, 6.45) is -4.83. The van der Waals surface area contributed by atoms with Crippen molar-refractivity contribution in [2.75, 3.05) is 0 Å². The van der Waals surface area contributed by atoms with Crippen molar-refractivity contribution in [2.24, 2.45) is 0 Å². The van der Waals surface area contributed by atoms with Gasteiger partial charge < -0.3 is 9.84 Å². The van der Waals surface area contributed by atoms with E-state index in [9.17, 15) is 13.2 Å². The van der Waals surface area contributed by atoms with Gasteiger partial charge in [0.05, 0.1) is 5.02 Å². The van der Waals surface area contributed by atoms with Crippen LogP contribution in [-0.2, 0) is 0 Å². The lowest BCUT2D eigenvalue weighted by Crippen LogP contribution is -2.17. The highest BCUT2D eigenvalue weighted by Crippen LogP contribution is 2.36. The Hall–Kier alpha value is -1.10. The lowest BCUT2D eigenvalue weighted by molar-refractivity contribution is -0.275. The standard InChI is InChI=1S/C7H4ClF3O2/c8-4-2-1-3-5(6(4)12)13-7(9,10)11/h1-3,12H. The molecule has 0 aromatic heterocycles. The van der Waals surface area contributed by atoms with E-state index >= 15 is 0 Å². The SMILES string of the molecule is Oc1c(Cl)cccc1OC(F)(F)F. The van der Waals surface area contributed by atoms with Gasteiger partial charge in [0, 0.05) is 0 Å². The first kappa shape index (κ1) is 9.98. The summed E-state index contributed by atoms with van der Waals surface area (Å²) in [5.41, 5.74) is 0. The highest BCUT2D eigenvalue weighted by Gasteiger charge is 2.32. The van der Waals surface area contributed by atoms with E-state index in [4.69, 9.17) is 16.7 Å². The molecular formula is C7H4ClF3O2. The molecule has 0 saturated carbocycles. The van der Waals surface area contributed by atoms with Crippen LogP contribution >= 0.6 is 11.6 Å². The van der Waals surface area contributed by atoms with Gasteiger partial charge in [-0.15, -0.1) is 13.2 Å². The maximum Gasteiger partial charge on any atom is 0.573 e. The van der Waals surface area contributed by atoms with E-state index in [2.05, 4.69) is 4.74 Å². The normalized spacial score (nSPS) is 11.4. The lowest BCUT2D eigenvalue weighted by atomic mass is 10.3. The van der Waals surface area contributed by atoms with Crippen molar-refractivity contribution in [1.29, 1.82) is 0 Å². The van der Waals surface area contributed by atoms with Crippen LogP contribution in [-0.4, -0.2) is 11.5 Å². The summed E-state index contributed by atoms with van der Waals surface area (Å²) in [6.45, 7) is 0. The fraction of sp³-hybridized carbons (Fsp3) is 0.143. The largest absolute Gasteiger partial charge is 0.573 e. The quantitative estimate of drug-likeness (QED) is 0.776. The van der Waals surface area contributed by atoms with E-state index in [1.807, 2.05) is 0 Å². The molecule has 72 valence electrons. The van der Waals surface area contributed by atoms with E-state index in [0.29, 0.717) is 0 Å². The third-order valence-corrected chi connectivity index (χ3v) is 1.48. The summed E-state index contributed by atoms with van der Waals surface area (Å²) >= 11 is 5.35. The Morgan fingerprint density at radius 1 is 1.31 bits per heavy atom. The zero-order chi connectivity index (χ0) is 10.1. The molecule has 1 aromatic rings. The molecule has 6 heteroatoms. The van der Waals surface area contributed by atoms with Crippen LogP contribution in [0.15, 0.2) is 18.2 Å². The van der Waals surface area contributed by atoms with E-state index in [-0.39, 0.29) is 5.02 Å². The molecule has 0 amide bonds. The molecule has 0 fully saturated rings. The highest BCUT2D eigenvalue weighted by atomic mass is 35.5. The van der Waals surface area contributed by atoms with Gasteiger partial charge >= 0.3 is 6.36 Å². The molecule has 0 saturated heterocycles. The molecule has 0 spiro atoms. The van der Waals surface area contributed by atoms with Crippen LogP contribution in [0.25, 0.3) is 0 Å². The summed E-state index contributed by atoms with van der Waals surface area (Å²) in [5, 5.41) is 8.81.